The van der Waals surface area contributed by atoms with E-state index in [1.807, 2.05) is 0 Å². The summed E-state index contributed by atoms with van der Waals surface area (Å²) in [6.45, 7) is 2.90. The molecule has 0 aromatic rings. The normalized spacial score (nSPS) is 8.18. The monoisotopic (exact) mass is 194 g/mol. The Kier molecular flexibility index (Phi) is 11.9. The molecule has 0 heterocycles. The van der Waals surface area contributed by atoms with Gasteiger partial charge in [0, 0.05) is 10.4 Å². The Balaban J connectivity index is -0.000000107. The van der Waals surface area contributed by atoms with Gasteiger partial charge in [-0.2, -0.15) is 0 Å². The molecule has 0 unspecified atom stereocenters. The van der Waals surface area contributed by atoms with Gasteiger partial charge in [-0.3, -0.25) is 8.42 Å². The van der Waals surface area contributed by atoms with Crippen molar-refractivity contribution in [1.29, 1.82) is 0 Å². The van der Waals surface area contributed by atoms with Gasteiger partial charge in [0.25, 0.3) is 0 Å². The Morgan fingerprint density at radius 1 is 1.36 bits per heavy atom. The fourth-order valence-electron chi connectivity index (χ4n) is 0. The largest absolute Gasteiger partial charge is 3.00 e. The molecule has 0 fully saturated rings. The van der Waals surface area contributed by atoms with Crippen molar-refractivity contribution >= 4 is 33.7 Å². The summed E-state index contributed by atoms with van der Waals surface area (Å²) in [5, 5.41) is 9.14. The minimum atomic E-state index is -5.17. The summed E-state index contributed by atoms with van der Waals surface area (Å²) in [6.07, 6.45) is 0.722. The zero-order chi connectivity index (χ0) is 8.78. The predicted octanol–water partition coefficient (Wildman–Crippen LogP) is -2.80. The van der Waals surface area contributed by atoms with Crippen molar-refractivity contribution in [1.82, 2.24) is 0 Å². The second-order valence-electron chi connectivity index (χ2n) is 0.931. The Morgan fingerprint density at radius 3 is 1.45 bits per heavy atom. The molecule has 0 aliphatic heterocycles. The van der Waals surface area contributed by atoms with Crippen molar-refractivity contribution in [3.63, 3.8) is 0 Å². The van der Waals surface area contributed by atoms with E-state index in [0.717, 1.165) is 6.08 Å². The predicted molar refractivity (Wildman–Crippen MR) is 31.4 cm³/mol. The van der Waals surface area contributed by atoms with Crippen LogP contribution in [0.25, 0.3) is 0 Å². The van der Waals surface area contributed by atoms with Crippen LogP contribution in [0.15, 0.2) is 12.7 Å². The van der Waals surface area contributed by atoms with E-state index in [2.05, 4.69) is 6.58 Å². The van der Waals surface area contributed by atoms with E-state index in [1.54, 1.807) is 0 Å². The summed E-state index contributed by atoms with van der Waals surface area (Å²) in [5.41, 5.74) is 0. The first kappa shape index (κ1) is 16.9. The van der Waals surface area contributed by atoms with Gasteiger partial charge in [0.1, 0.15) is 0 Å². The van der Waals surface area contributed by atoms with Crippen molar-refractivity contribution < 1.29 is 27.4 Å². The van der Waals surface area contributed by atoms with Crippen LogP contribution >= 0.6 is 0 Å². The minimum Gasteiger partial charge on any atom is -0.759 e. The molecule has 0 amide bonds. The van der Waals surface area contributed by atoms with E-state index >= 15 is 0 Å². The Hall–Kier alpha value is -0.388. The Labute approximate surface area is 74.2 Å². The summed E-state index contributed by atoms with van der Waals surface area (Å²) >= 11 is 0. The molecule has 0 rings (SSSR count). The van der Waals surface area contributed by atoms with E-state index in [4.69, 9.17) is 27.4 Å². The van der Waals surface area contributed by atoms with Crippen LogP contribution in [0.2, 0.25) is 0 Å². The van der Waals surface area contributed by atoms with E-state index in [-0.39, 0.29) is 17.4 Å². The zero-order valence-corrected chi connectivity index (χ0v) is 7.19. The van der Waals surface area contributed by atoms with Crippen LogP contribution in [0.1, 0.15) is 0 Å². The molecular formula is C3H3AlO6S. The maximum Gasteiger partial charge on any atom is 3.00 e. The van der Waals surface area contributed by atoms with Gasteiger partial charge in [-0.15, -0.1) is 0 Å². The molecule has 0 bridgehead atoms. The van der Waals surface area contributed by atoms with Crippen LogP contribution in [0, 0.1) is 0 Å². The smallest absolute Gasteiger partial charge is 0.759 e. The molecule has 0 aliphatic rings. The number of carbonyl (C=O) groups excluding carboxylic acids is 1. The fraction of sp³-hybridized carbons (Fsp3) is 0. The SMILES string of the molecule is C=CC(=O)[O-].O=S(=O)([O-])[O-].[Al+3]. The minimum absolute atomic E-state index is 0. The van der Waals surface area contributed by atoms with Gasteiger partial charge >= 0.3 is 17.4 Å². The van der Waals surface area contributed by atoms with Gasteiger partial charge in [0.05, 0.1) is 5.97 Å². The van der Waals surface area contributed by atoms with E-state index < -0.39 is 16.4 Å². The maximum atomic E-state index is 9.14. The van der Waals surface area contributed by atoms with E-state index in [1.165, 1.54) is 0 Å². The van der Waals surface area contributed by atoms with Crippen molar-refractivity contribution in [3.8, 4) is 0 Å². The molecule has 0 radical (unpaired) electrons. The summed E-state index contributed by atoms with van der Waals surface area (Å²) < 4.78 is 34.1. The third kappa shape index (κ3) is 214. The molecular weight excluding hydrogens is 191 g/mol. The molecule has 0 saturated carbocycles. The summed E-state index contributed by atoms with van der Waals surface area (Å²) in [7, 11) is -5.17. The molecule has 11 heavy (non-hydrogen) atoms. The van der Waals surface area contributed by atoms with Gasteiger partial charge in [0.15, 0.2) is 0 Å². The number of rotatable bonds is 1. The maximum absolute atomic E-state index is 9.14. The van der Waals surface area contributed by atoms with Crippen LogP contribution in [0.3, 0.4) is 0 Å². The number of carbonyl (C=O) groups is 1. The van der Waals surface area contributed by atoms with Crippen LogP contribution in [0.4, 0.5) is 0 Å². The average Bonchev–Trinajstić information content (AvgIpc) is 1.61. The van der Waals surface area contributed by atoms with Crippen LogP contribution in [0.5, 0.6) is 0 Å². The average molecular weight is 194 g/mol. The summed E-state index contributed by atoms with van der Waals surface area (Å²) in [4.78, 5) is 9.14. The quantitative estimate of drug-likeness (QED) is 0.192. The molecule has 0 aromatic heterocycles. The summed E-state index contributed by atoms with van der Waals surface area (Å²) in [6, 6.07) is 0. The molecule has 0 N–H and O–H groups in total. The molecule has 8 heteroatoms. The molecule has 6 nitrogen and oxygen atoms in total. The van der Waals surface area contributed by atoms with Crippen LogP contribution in [-0.2, 0) is 15.2 Å². The Bertz CT molecular complexity index is 198. The summed E-state index contributed by atoms with van der Waals surface area (Å²) in [5.74, 6) is -1.23. The first-order valence-corrected chi connectivity index (χ1v) is 3.11. The third-order valence-corrected chi connectivity index (χ3v) is 0.167. The zero-order valence-electron chi connectivity index (χ0n) is 5.22. The van der Waals surface area contributed by atoms with Gasteiger partial charge < -0.3 is 19.0 Å². The molecule has 0 saturated heterocycles. The molecule has 0 aromatic carbocycles. The van der Waals surface area contributed by atoms with Crippen molar-refractivity contribution in [2.75, 3.05) is 0 Å². The van der Waals surface area contributed by atoms with Crippen molar-refractivity contribution in [3.05, 3.63) is 12.7 Å². The number of carboxylic acids is 1. The van der Waals surface area contributed by atoms with Gasteiger partial charge in [0.2, 0.25) is 0 Å². The van der Waals surface area contributed by atoms with Gasteiger partial charge in [-0.25, -0.2) is 0 Å². The van der Waals surface area contributed by atoms with Crippen LogP contribution < -0.4 is 5.11 Å². The number of aliphatic carboxylic acids is 1. The van der Waals surface area contributed by atoms with Crippen LogP contribution in [-0.4, -0.2) is 40.9 Å². The van der Waals surface area contributed by atoms with Crippen molar-refractivity contribution in [2.45, 2.75) is 0 Å². The van der Waals surface area contributed by atoms with Crippen molar-refractivity contribution in [2.24, 2.45) is 0 Å². The van der Waals surface area contributed by atoms with Gasteiger partial charge in [-0.05, 0) is 6.08 Å². The first-order chi connectivity index (χ1) is 4.27. The fourth-order valence-corrected chi connectivity index (χ4v) is 0. The topological polar surface area (TPSA) is 120 Å². The third-order valence-electron chi connectivity index (χ3n) is 0.167. The second-order valence-corrected chi connectivity index (χ2v) is 1.75. The van der Waals surface area contributed by atoms with E-state index in [9.17, 15) is 0 Å². The standard InChI is InChI=1S/C3H4O2.Al.H2O4S/c1-2-3(4)5;;1-5(2,3)4/h2H,1H2,(H,4,5);;(H2,1,2,3,4)/q;+3;/p-3. The molecule has 0 spiro atoms. The number of carboxylic acid groups (broad SMARTS) is 1. The number of hydrogen-bond acceptors (Lipinski definition) is 6. The molecule has 0 atom stereocenters. The first-order valence-electron chi connectivity index (χ1n) is 1.77. The van der Waals surface area contributed by atoms with E-state index in [0.29, 0.717) is 0 Å². The molecule has 0 aliphatic carbocycles. The van der Waals surface area contributed by atoms with Gasteiger partial charge in [-0.1, -0.05) is 6.58 Å². The Morgan fingerprint density at radius 2 is 1.45 bits per heavy atom. The molecule has 60 valence electrons. The number of hydrogen-bond donors (Lipinski definition) is 0. The second kappa shape index (κ2) is 7.72.